The normalized spacial score (nSPS) is 17.4. The molecule has 126 valence electrons. The van der Waals surface area contributed by atoms with Gasteiger partial charge in [0, 0.05) is 17.8 Å². The first kappa shape index (κ1) is 15.3. The van der Waals surface area contributed by atoms with Gasteiger partial charge in [-0.2, -0.15) is 10.1 Å². The highest BCUT2D eigenvalue weighted by atomic mass is 16.5. The molecule has 1 aliphatic rings. The average molecular weight is 325 g/mol. The molecule has 1 saturated carbocycles. The molecular weight excluding hydrogens is 302 g/mol. The lowest BCUT2D eigenvalue weighted by molar-refractivity contribution is 0.329. The second kappa shape index (κ2) is 6.73. The third kappa shape index (κ3) is 3.19. The molecule has 1 atom stereocenters. The topological polar surface area (TPSA) is 79.6 Å². The van der Waals surface area contributed by atoms with Crippen molar-refractivity contribution in [2.75, 3.05) is 0 Å². The lowest BCUT2D eigenvalue weighted by atomic mass is 9.89. The molecule has 0 saturated heterocycles. The number of aromatic nitrogens is 4. The molecule has 0 amide bonds. The van der Waals surface area contributed by atoms with Crippen LogP contribution >= 0.6 is 0 Å². The van der Waals surface area contributed by atoms with Gasteiger partial charge in [0.1, 0.15) is 0 Å². The minimum absolute atomic E-state index is 0.0345. The fraction of sp³-hybridized carbons (Fsp3) is 0.500. The highest BCUT2D eigenvalue weighted by Gasteiger charge is 2.22. The number of fused-ring (bicyclic) bond motifs is 1. The van der Waals surface area contributed by atoms with Crippen molar-refractivity contribution in [3.63, 3.8) is 0 Å². The molecule has 1 fully saturated rings. The van der Waals surface area contributed by atoms with E-state index in [2.05, 4.69) is 50.8 Å². The second-order valence-corrected chi connectivity index (χ2v) is 6.72. The quantitative estimate of drug-likeness (QED) is 0.745. The Hall–Kier alpha value is -2.21. The SMILES string of the molecule is CC(NCc1ccc2cn[nH]c2c1)c1nc(C2CCCCC2)no1. The number of hydrogen-bond donors (Lipinski definition) is 2. The van der Waals surface area contributed by atoms with E-state index in [1.54, 1.807) is 0 Å². The molecule has 4 rings (SSSR count). The van der Waals surface area contributed by atoms with Crippen LogP contribution in [0.5, 0.6) is 0 Å². The molecule has 3 aromatic rings. The van der Waals surface area contributed by atoms with Crippen molar-refractivity contribution in [1.29, 1.82) is 0 Å². The maximum Gasteiger partial charge on any atom is 0.243 e. The summed E-state index contributed by atoms with van der Waals surface area (Å²) in [4.78, 5) is 4.63. The molecular formula is C18H23N5O. The molecule has 0 radical (unpaired) electrons. The number of rotatable bonds is 5. The van der Waals surface area contributed by atoms with Crippen molar-refractivity contribution in [2.24, 2.45) is 0 Å². The van der Waals surface area contributed by atoms with Crippen molar-refractivity contribution in [3.8, 4) is 0 Å². The number of H-pyrrole nitrogens is 1. The Bertz CT molecular complexity index is 802. The molecule has 0 aliphatic heterocycles. The van der Waals surface area contributed by atoms with Gasteiger partial charge in [0.2, 0.25) is 5.89 Å². The number of aromatic amines is 1. The monoisotopic (exact) mass is 325 g/mol. The standard InChI is InChI=1S/C18H23N5O/c1-12(18-21-17(23-24-18)14-5-3-2-4-6-14)19-10-13-7-8-15-11-20-22-16(15)9-13/h7-9,11-12,14,19H,2-6,10H2,1H3,(H,20,22). The summed E-state index contributed by atoms with van der Waals surface area (Å²) in [6.45, 7) is 2.81. The van der Waals surface area contributed by atoms with Gasteiger partial charge in [0.05, 0.1) is 17.8 Å². The Morgan fingerprint density at radius 1 is 1.29 bits per heavy atom. The molecule has 24 heavy (non-hydrogen) atoms. The third-order valence-corrected chi connectivity index (χ3v) is 4.92. The predicted octanol–water partition coefficient (Wildman–Crippen LogP) is 3.84. The van der Waals surface area contributed by atoms with E-state index in [0.29, 0.717) is 11.8 Å². The van der Waals surface area contributed by atoms with Crippen LogP contribution in [0.4, 0.5) is 0 Å². The first-order valence-corrected chi connectivity index (χ1v) is 8.78. The van der Waals surface area contributed by atoms with Crippen LogP contribution in [0, 0.1) is 0 Å². The minimum atomic E-state index is 0.0345. The molecule has 6 nitrogen and oxygen atoms in total. The van der Waals surface area contributed by atoms with Crippen LogP contribution in [0.1, 0.15) is 68.3 Å². The Labute approximate surface area is 141 Å². The van der Waals surface area contributed by atoms with Crippen LogP contribution in [-0.2, 0) is 6.54 Å². The van der Waals surface area contributed by atoms with Gasteiger partial charge < -0.3 is 9.84 Å². The van der Waals surface area contributed by atoms with Gasteiger partial charge in [0.15, 0.2) is 5.82 Å². The van der Waals surface area contributed by atoms with Crippen molar-refractivity contribution in [1.82, 2.24) is 25.7 Å². The van der Waals surface area contributed by atoms with Crippen LogP contribution in [0.15, 0.2) is 28.9 Å². The van der Waals surface area contributed by atoms with E-state index >= 15 is 0 Å². The van der Waals surface area contributed by atoms with E-state index in [1.807, 2.05) is 6.20 Å². The van der Waals surface area contributed by atoms with Crippen LogP contribution in [-0.4, -0.2) is 20.3 Å². The first-order chi connectivity index (χ1) is 11.8. The van der Waals surface area contributed by atoms with Gasteiger partial charge in [-0.3, -0.25) is 5.10 Å². The molecule has 0 bridgehead atoms. The summed E-state index contributed by atoms with van der Waals surface area (Å²) in [5.41, 5.74) is 2.25. The zero-order chi connectivity index (χ0) is 16.4. The maximum absolute atomic E-state index is 5.49. The van der Waals surface area contributed by atoms with Gasteiger partial charge >= 0.3 is 0 Å². The van der Waals surface area contributed by atoms with Gasteiger partial charge in [-0.25, -0.2) is 0 Å². The Kier molecular flexibility index (Phi) is 4.30. The second-order valence-electron chi connectivity index (χ2n) is 6.72. The predicted molar refractivity (Wildman–Crippen MR) is 91.5 cm³/mol. The first-order valence-electron chi connectivity index (χ1n) is 8.78. The van der Waals surface area contributed by atoms with Gasteiger partial charge in [-0.1, -0.05) is 36.6 Å². The van der Waals surface area contributed by atoms with E-state index in [-0.39, 0.29) is 6.04 Å². The molecule has 2 heterocycles. The van der Waals surface area contributed by atoms with E-state index in [1.165, 1.54) is 37.7 Å². The van der Waals surface area contributed by atoms with E-state index in [0.717, 1.165) is 23.3 Å². The zero-order valence-corrected chi connectivity index (χ0v) is 14.0. The van der Waals surface area contributed by atoms with Crippen LogP contribution in [0.3, 0.4) is 0 Å². The third-order valence-electron chi connectivity index (χ3n) is 4.92. The molecule has 2 aromatic heterocycles. The fourth-order valence-electron chi connectivity index (χ4n) is 3.40. The summed E-state index contributed by atoms with van der Waals surface area (Å²) in [5.74, 6) is 2.04. The van der Waals surface area contributed by atoms with Crippen LogP contribution < -0.4 is 5.32 Å². The smallest absolute Gasteiger partial charge is 0.243 e. The van der Waals surface area contributed by atoms with E-state index in [9.17, 15) is 0 Å². The summed E-state index contributed by atoms with van der Waals surface area (Å²) in [6, 6.07) is 6.34. The highest BCUT2D eigenvalue weighted by Crippen LogP contribution is 2.31. The average Bonchev–Trinajstić information content (AvgIpc) is 3.29. The van der Waals surface area contributed by atoms with E-state index in [4.69, 9.17) is 4.52 Å². The molecule has 1 aromatic carbocycles. The number of nitrogens with zero attached hydrogens (tertiary/aromatic N) is 3. The molecule has 6 heteroatoms. The molecule has 2 N–H and O–H groups in total. The minimum Gasteiger partial charge on any atom is -0.338 e. The summed E-state index contributed by atoms with van der Waals surface area (Å²) in [6.07, 6.45) is 8.09. The van der Waals surface area contributed by atoms with Crippen LogP contribution in [0.25, 0.3) is 10.9 Å². The Morgan fingerprint density at radius 3 is 3.04 bits per heavy atom. The fourth-order valence-corrected chi connectivity index (χ4v) is 3.40. The van der Waals surface area contributed by atoms with Crippen LogP contribution in [0.2, 0.25) is 0 Å². The van der Waals surface area contributed by atoms with Crippen molar-refractivity contribution >= 4 is 10.9 Å². The molecule has 1 aliphatic carbocycles. The summed E-state index contributed by atoms with van der Waals surface area (Å²) >= 11 is 0. The lowest BCUT2D eigenvalue weighted by Gasteiger charge is -2.17. The van der Waals surface area contributed by atoms with Crippen molar-refractivity contribution < 1.29 is 4.52 Å². The van der Waals surface area contributed by atoms with Gasteiger partial charge in [0.25, 0.3) is 0 Å². The summed E-state index contributed by atoms with van der Waals surface area (Å²) < 4.78 is 5.49. The largest absolute Gasteiger partial charge is 0.338 e. The van der Waals surface area contributed by atoms with E-state index < -0.39 is 0 Å². The summed E-state index contributed by atoms with van der Waals surface area (Å²) in [5, 5.41) is 15.8. The zero-order valence-electron chi connectivity index (χ0n) is 14.0. The highest BCUT2D eigenvalue weighted by molar-refractivity contribution is 5.78. The molecule has 1 unspecified atom stereocenters. The lowest BCUT2D eigenvalue weighted by Crippen LogP contribution is -2.18. The number of hydrogen-bond acceptors (Lipinski definition) is 5. The Morgan fingerprint density at radius 2 is 2.17 bits per heavy atom. The maximum atomic E-state index is 5.49. The number of benzene rings is 1. The Balaban J connectivity index is 1.38. The van der Waals surface area contributed by atoms with Gasteiger partial charge in [-0.15, -0.1) is 0 Å². The van der Waals surface area contributed by atoms with Crippen molar-refractivity contribution in [2.45, 2.75) is 57.5 Å². The molecule has 0 spiro atoms. The number of nitrogens with one attached hydrogen (secondary N) is 2. The van der Waals surface area contributed by atoms with Crippen molar-refractivity contribution in [3.05, 3.63) is 41.7 Å². The van der Waals surface area contributed by atoms with Gasteiger partial charge in [-0.05, 0) is 31.4 Å². The summed E-state index contributed by atoms with van der Waals surface area (Å²) in [7, 11) is 0.